The van der Waals surface area contributed by atoms with Gasteiger partial charge in [-0.15, -0.1) is 0 Å². The molecule has 1 aliphatic heterocycles. The van der Waals surface area contributed by atoms with Gasteiger partial charge in [-0.2, -0.15) is 0 Å². The Labute approximate surface area is 161 Å². The maximum absolute atomic E-state index is 14.1. The van der Waals surface area contributed by atoms with Crippen LogP contribution in [-0.4, -0.2) is 22.9 Å². The summed E-state index contributed by atoms with van der Waals surface area (Å²) >= 11 is 0. The third-order valence-electron chi connectivity index (χ3n) is 5.51. The van der Waals surface area contributed by atoms with E-state index in [1.54, 1.807) is 4.90 Å². The van der Waals surface area contributed by atoms with E-state index in [0.29, 0.717) is 17.4 Å². The summed E-state index contributed by atoms with van der Waals surface area (Å²) in [6.45, 7) is 7.98. The monoisotopic (exact) mass is 377 g/mol. The molecule has 0 fully saturated rings. The van der Waals surface area contributed by atoms with Crippen LogP contribution >= 0.6 is 0 Å². The molecule has 0 atom stereocenters. The third kappa shape index (κ3) is 2.52. The van der Waals surface area contributed by atoms with Gasteiger partial charge in [0, 0.05) is 29.0 Å². The fourth-order valence-electron chi connectivity index (χ4n) is 4.01. The van der Waals surface area contributed by atoms with Gasteiger partial charge in [-0.1, -0.05) is 12.6 Å². The number of rotatable bonds is 3. The molecule has 2 amide bonds. The molecule has 0 aliphatic carbocycles. The first-order chi connectivity index (χ1) is 13.3. The van der Waals surface area contributed by atoms with Gasteiger partial charge < -0.3 is 15.2 Å². The lowest BCUT2D eigenvalue weighted by molar-refractivity contribution is -0.114. The smallest absolute Gasteiger partial charge is 0.250 e. The minimum Gasteiger partial charge on any atom is -0.366 e. The summed E-state index contributed by atoms with van der Waals surface area (Å²) in [5, 5.41) is 0.644. The summed E-state index contributed by atoms with van der Waals surface area (Å²) in [7, 11) is 0. The van der Waals surface area contributed by atoms with Crippen LogP contribution in [0.4, 0.5) is 10.1 Å². The summed E-state index contributed by atoms with van der Waals surface area (Å²) in [6.07, 6.45) is 2.08. The molecule has 2 aromatic carbocycles. The van der Waals surface area contributed by atoms with Gasteiger partial charge in [-0.05, 0) is 61.7 Å². The second-order valence-electron chi connectivity index (χ2n) is 7.02. The van der Waals surface area contributed by atoms with Crippen LogP contribution in [0.25, 0.3) is 16.6 Å². The van der Waals surface area contributed by atoms with E-state index in [-0.39, 0.29) is 11.5 Å². The minimum atomic E-state index is -0.687. The summed E-state index contributed by atoms with van der Waals surface area (Å²) in [6, 6.07) is 8.43. The third-order valence-corrected chi connectivity index (χ3v) is 5.51. The highest BCUT2D eigenvalue weighted by Crippen LogP contribution is 2.35. The predicted molar refractivity (Wildman–Crippen MR) is 107 cm³/mol. The summed E-state index contributed by atoms with van der Waals surface area (Å²) < 4.78 is 16.0. The fourth-order valence-corrected chi connectivity index (χ4v) is 4.01. The van der Waals surface area contributed by atoms with E-state index in [0.717, 1.165) is 34.6 Å². The molecule has 2 N–H and O–H groups in total. The van der Waals surface area contributed by atoms with Crippen LogP contribution in [0.3, 0.4) is 0 Å². The highest BCUT2D eigenvalue weighted by molar-refractivity contribution is 6.07. The van der Waals surface area contributed by atoms with Crippen molar-refractivity contribution in [2.75, 3.05) is 11.4 Å². The maximum atomic E-state index is 14.1. The number of amides is 2. The van der Waals surface area contributed by atoms with Crippen molar-refractivity contribution >= 4 is 28.4 Å². The van der Waals surface area contributed by atoms with Crippen LogP contribution in [0.1, 0.15) is 27.2 Å². The van der Waals surface area contributed by atoms with Crippen LogP contribution in [-0.2, 0) is 11.2 Å². The van der Waals surface area contributed by atoms with E-state index >= 15 is 0 Å². The van der Waals surface area contributed by atoms with Crippen LogP contribution in [0.5, 0.6) is 0 Å². The fraction of sp³-hybridized carbons (Fsp3) is 0.182. The molecule has 6 heteroatoms. The average molecular weight is 377 g/mol. The van der Waals surface area contributed by atoms with Crippen LogP contribution in [0.2, 0.25) is 0 Å². The summed E-state index contributed by atoms with van der Waals surface area (Å²) in [4.78, 5) is 25.9. The van der Waals surface area contributed by atoms with Crippen molar-refractivity contribution in [3.8, 4) is 5.69 Å². The zero-order valence-electron chi connectivity index (χ0n) is 15.8. The molecule has 0 saturated heterocycles. The topological polar surface area (TPSA) is 68.3 Å². The SMILES string of the molecule is C=CC(=O)N1CCc2ccc(-n3c(C)c(C)c4cc(F)cc(C(N)=O)c43)cc21. The maximum Gasteiger partial charge on any atom is 0.250 e. The van der Waals surface area contributed by atoms with Crippen molar-refractivity contribution in [3.63, 3.8) is 0 Å². The van der Waals surface area contributed by atoms with E-state index in [9.17, 15) is 14.0 Å². The Kier molecular flexibility index (Phi) is 4.07. The molecule has 0 radical (unpaired) electrons. The average Bonchev–Trinajstić information content (AvgIpc) is 3.20. The highest BCUT2D eigenvalue weighted by atomic mass is 19.1. The van der Waals surface area contributed by atoms with Crippen LogP contribution in [0.15, 0.2) is 43.0 Å². The molecule has 3 aromatic rings. The molecular weight excluding hydrogens is 357 g/mol. The first-order valence-electron chi connectivity index (χ1n) is 9.01. The first kappa shape index (κ1) is 18.0. The minimum absolute atomic E-state index is 0.130. The number of fused-ring (bicyclic) bond motifs is 2. The number of primary amides is 1. The van der Waals surface area contributed by atoms with E-state index < -0.39 is 11.7 Å². The van der Waals surface area contributed by atoms with Gasteiger partial charge >= 0.3 is 0 Å². The lowest BCUT2D eigenvalue weighted by Gasteiger charge is -2.17. The molecule has 0 unspecified atom stereocenters. The first-order valence-corrected chi connectivity index (χ1v) is 9.01. The van der Waals surface area contributed by atoms with Crippen molar-refractivity contribution < 1.29 is 14.0 Å². The van der Waals surface area contributed by atoms with E-state index in [1.165, 1.54) is 18.2 Å². The van der Waals surface area contributed by atoms with Gasteiger partial charge in [-0.3, -0.25) is 9.59 Å². The van der Waals surface area contributed by atoms with Crippen LogP contribution < -0.4 is 10.6 Å². The molecule has 0 saturated carbocycles. The van der Waals surface area contributed by atoms with E-state index in [4.69, 9.17) is 5.73 Å². The molecule has 2 heterocycles. The number of aromatic nitrogens is 1. The van der Waals surface area contributed by atoms with Crippen molar-refractivity contribution in [1.82, 2.24) is 4.57 Å². The number of hydrogen-bond acceptors (Lipinski definition) is 2. The number of carbonyl (C=O) groups is 2. The van der Waals surface area contributed by atoms with Crippen molar-refractivity contribution in [2.24, 2.45) is 5.73 Å². The predicted octanol–water partition coefficient (Wildman–Crippen LogP) is 3.56. The molecular formula is C22H20FN3O2. The van der Waals surface area contributed by atoms with Crippen molar-refractivity contribution in [2.45, 2.75) is 20.3 Å². The normalized spacial score (nSPS) is 13.0. The summed E-state index contributed by atoms with van der Waals surface area (Å²) in [5.41, 5.74) is 10.7. The molecule has 1 aliphatic rings. The number of halogens is 1. The molecule has 5 nitrogen and oxygen atoms in total. The number of anilines is 1. The van der Waals surface area contributed by atoms with Crippen molar-refractivity contribution in [1.29, 1.82) is 0 Å². The number of benzene rings is 2. The molecule has 142 valence electrons. The van der Waals surface area contributed by atoms with Gasteiger partial charge in [0.15, 0.2) is 0 Å². The number of hydrogen-bond donors (Lipinski definition) is 1. The zero-order valence-corrected chi connectivity index (χ0v) is 15.8. The van der Waals surface area contributed by atoms with Gasteiger partial charge in [0.1, 0.15) is 5.82 Å². The van der Waals surface area contributed by atoms with Gasteiger partial charge in [0.2, 0.25) is 5.91 Å². The molecule has 4 rings (SSSR count). The Balaban J connectivity index is 2.01. The van der Waals surface area contributed by atoms with Gasteiger partial charge in [0.25, 0.3) is 5.91 Å². The second-order valence-corrected chi connectivity index (χ2v) is 7.02. The Hall–Kier alpha value is -3.41. The van der Waals surface area contributed by atoms with Gasteiger partial charge in [-0.25, -0.2) is 4.39 Å². The molecule has 1 aromatic heterocycles. The standard InChI is InChI=1S/C22H20FN3O2/c1-4-20(27)25-8-7-14-5-6-16(11-19(14)25)26-13(3)12(2)17-9-15(23)10-18(21(17)26)22(24)28/h4-6,9-11H,1,7-8H2,2-3H3,(H2,24,28). The Morgan fingerprint density at radius 3 is 2.64 bits per heavy atom. The Morgan fingerprint density at radius 1 is 1.21 bits per heavy atom. The zero-order chi connectivity index (χ0) is 20.2. The molecule has 28 heavy (non-hydrogen) atoms. The van der Waals surface area contributed by atoms with E-state index in [1.807, 2.05) is 36.6 Å². The number of nitrogens with two attached hydrogens (primary N) is 1. The lowest BCUT2D eigenvalue weighted by Crippen LogP contribution is -2.26. The number of carbonyl (C=O) groups excluding carboxylic acids is 2. The number of nitrogens with zero attached hydrogens (tertiary/aromatic N) is 2. The van der Waals surface area contributed by atoms with Gasteiger partial charge in [0.05, 0.1) is 11.1 Å². The number of aryl methyl sites for hydroxylation is 1. The molecule has 0 spiro atoms. The summed E-state index contributed by atoms with van der Waals surface area (Å²) in [5.74, 6) is -1.34. The van der Waals surface area contributed by atoms with Crippen LogP contribution in [0, 0.1) is 19.7 Å². The van der Waals surface area contributed by atoms with Crippen molar-refractivity contribution in [3.05, 3.63) is 71.2 Å². The Morgan fingerprint density at radius 2 is 1.96 bits per heavy atom. The van der Waals surface area contributed by atoms with E-state index in [2.05, 4.69) is 6.58 Å². The highest BCUT2D eigenvalue weighted by Gasteiger charge is 2.25. The largest absolute Gasteiger partial charge is 0.366 e. The Bertz CT molecular complexity index is 1180. The second kappa shape index (κ2) is 6.34. The quantitative estimate of drug-likeness (QED) is 0.709. The molecule has 0 bridgehead atoms. The lowest BCUT2D eigenvalue weighted by atomic mass is 10.1.